The van der Waals surface area contributed by atoms with Crippen molar-refractivity contribution in [2.45, 2.75) is 6.61 Å². The van der Waals surface area contributed by atoms with E-state index in [0.29, 0.717) is 41.8 Å². The summed E-state index contributed by atoms with van der Waals surface area (Å²) < 4.78 is 31.9. The Kier molecular flexibility index (Phi) is 5.63. The van der Waals surface area contributed by atoms with Crippen LogP contribution in [-0.2, 0) is 6.61 Å². The summed E-state index contributed by atoms with van der Waals surface area (Å²) in [4.78, 5) is 13.1. The Morgan fingerprint density at radius 3 is 2.55 bits per heavy atom. The average Bonchev–Trinajstić information content (AvgIpc) is 3.28. The van der Waals surface area contributed by atoms with E-state index in [-0.39, 0.29) is 18.1 Å². The summed E-state index contributed by atoms with van der Waals surface area (Å²) in [5, 5.41) is 7.24. The molecular weight excluding hydrogens is 425 g/mol. The highest BCUT2D eigenvalue weighted by Gasteiger charge is 2.21. The monoisotopic (exact) mass is 445 g/mol. The number of carbonyl (C=O) groups is 1. The quantitative estimate of drug-likeness (QED) is 0.469. The van der Waals surface area contributed by atoms with Gasteiger partial charge in [-0.15, -0.1) is 0 Å². The third kappa shape index (κ3) is 4.64. The van der Waals surface area contributed by atoms with E-state index in [0.717, 1.165) is 5.56 Å². The zero-order valence-corrected chi connectivity index (χ0v) is 17.5. The molecule has 0 unspecified atom stereocenters. The fraction of sp³-hybridized carbons (Fsp3) is 0.120. The summed E-state index contributed by atoms with van der Waals surface area (Å²) in [5.74, 6) is 0.694. The standard InChI is InChI=1S/C25H20FN3O4/c26-18-6-9-20(10-7-18)29-15-23(33-16-17-4-2-1-3-5-17)24(28-29)25(30)27-19-8-11-21-22(14-19)32-13-12-31-21/h1-11,14-15H,12-13,16H2,(H,27,30). The number of nitrogens with zero attached hydrogens (tertiary/aromatic N) is 2. The number of rotatable bonds is 6. The summed E-state index contributed by atoms with van der Waals surface area (Å²) in [7, 11) is 0. The van der Waals surface area contributed by atoms with E-state index in [1.54, 1.807) is 36.5 Å². The van der Waals surface area contributed by atoms with Gasteiger partial charge in [-0.1, -0.05) is 30.3 Å². The first-order valence-electron chi connectivity index (χ1n) is 10.4. The molecular formula is C25H20FN3O4. The Morgan fingerprint density at radius 1 is 1.00 bits per heavy atom. The van der Waals surface area contributed by atoms with Gasteiger partial charge in [-0.05, 0) is 42.0 Å². The molecule has 8 heteroatoms. The Labute approximate surface area is 189 Å². The normalized spacial score (nSPS) is 12.3. The number of hydrogen-bond acceptors (Lipinski definition) is 5. The van der Waals surface area contributed by atoms with Crippen LogP contribution in [0.25, 0.3) is 5.69 Å². The number of fused-ring (bicyclic) bond motifs is 1. The Hall–Kier alpha value is -4.33. The van der Waals surface area contributed by atoms with Crippen LogP contribution >= 0.6 is 0 Å². The molecule has 1 N–H and O–H groups in total. The molecule has 0 atom stereocenters. The molecule has 0 saturated heterocycles. The number of ether oxygens (including phenoxy) is 3. The molecule has 4 aromatic rings. The molecule has 1 amide bonds. The van der Waals surface area contributed by atoms with Crippen LogP contribution in [0.1, 0.15) is 16.1 Å². The molecule has 0 fully saturated rings. The van der Waals surface area contributed by atoms with Crippen LogP contribution in [0.3, 0.4) is 0 Å². The van der Waals surface area contributed by atoms with Crippen molar-refractivity contribution in [1.82, 2.24) is 9.78 Å². The maximum absolute atomic E-state index is 13.3. The van der Waals surface area contributed by atoms with Crippen LogP contribution in [0.15, 0.2) is 79.0 Å². The maximum atomic E-state index is 13.3. The molecule has 166 valence electrons. The first kappa shape index (κ1) is 20.6. The molecule has 1 aliphatic rings. The van der Waals surface area contributed by atoms with E-state index in [1.807, 2.05) is 30.3 Å². The van der Waals surface area contributed by atoms with Crippen LogP contribution in [0, 0.1) is 5.82 Å². The molecule has 33 heavy (non-hydrogen) atoms. The van der Waals surface area contributed by atoms with Crippen LogP contribution in [0.4, 0.5) is 10.1 Å². The molecule has 7 nitrogen and oxygen atoms in total. The first-order chi connectivity index (χ1) is 16.2. The summed E-state index contributed by atoms with van der Waals surface area (Å²) in [6.45, 7) is 1.20. The summed E-state index contributed by atoms with van der Waals surface area (Å²) in [5.41, 5.74) is 2.18. The van der Waals surface area contributed by atoms with Crippen LogP contribution in [0.2, 0.25) is 0 Å². The van der Waals surface area contributed by atoms with Gasteiger partial charge in [0, 0.05) is 11.8 Å². The van der Waals surface area contributed by atoms with E-state index in [9.17, 15) is 9.18 Å². The minimum atomic E-state index is -0.449. The first-order valence-corrected chi connectivity index (χ1v) is 10.4. The highest BCUT2D eigenvalue weighted by molar-refractivity contribution is 6.04. The molecule has 0 spiro atoms. The smallest absolute Gasteiger partial charge is 0.280 e. The van der Waals surface area contributed by atoms with Gasteiger partial charge in [0.25, 0.3) is 5.91 Å². The zero-order valence-electron chi connectivity index (χ0n) is 17.5. The predicted molar refractivity (Wildman–Crippen MR) is 120 cm³/mol. The highest BCUT2D eigenvalue weighted by atomic mass is 19.1. The molecule has 3 aromatic carbocycles. The molecule has 0 bridgehead atoms. The number of benzene rings is 3. The van der Waals surface area contributed by atoms with Crippen molar-refractivity contribution in [3.63, 3.8) is 0 Å². The van der Waals surface area contributed by atoms with Gasteiger partial charge in [0.1, 0.15) is 25.6 Å². The van der Waals surface area contributed by atoms with Gasteiger partial charge in [0.05, 0.1) is 11.9 Å². The number of nitrogens with one attached hydrogen (secondary N) is 1. The number of amides is 1. The largest absolute Gasteiger partial charge is 0.486 e. The summed E-state index contributed by atoms with van der Waals surface area (Å²) >= 11 is 0. The van der Waals surface area contributed by atoms with Gasteiger partial charge >= 0.3 is 0 Å². The Morgan fingerprint density at radius 2 is 1.76 bits per heavy atom. The third-order valence-electron chi connectivity index (χ3n) is 5.02. The topological polar surface area (TPSA) is 74.6 Å². The second kappa shape index (κ2) is 9.04. The van der Waals surface area contributed by atoms with E-state index < -0.39 is 5.91 Å². The summed E-state index contributed by atoms with van der Waals surface area (Å²) in [6, 6.07) is 20.6. The van der Waals surface area contributed by atoms with Crippen LogP contribution in [-0.4, -0.2) is 28.9 Å². The second-order valence-electron chi connectivity index (χ2n) is 7.35. The van der Waals surface area contributed by atoms with Crippen molar-refractivity contribution in [3.8, 4) is 22.9 Å². The number of halogens is 1. The lowest BCUT2D eigenvalue weighted by Gasteiger charge is -2.18. The van der Waals surface area contributed by atoms with Crippen molar-refractivity contribution < 1.29 is 23.4 Å². The Balaban J connectivity index is 1.42. The van der Waals surface area contributed by atoms with Gasteiger partial charge in [0.15, 0.2) is 22.9 Å². The van der Waals surface area contributed by atoms with Crippen molar-refractivity contribution >= 4 is 11.6 Å². The van der Waals surface area contributed by atoms with Crippen LogP contribution in [0.5, 0.6) is 17.2 Å². The molecule has 1 aromatic heterocycles. The van der Waals surface area contributed by atoms with Crippen molar-refractivity contribution in [2.75, 3.05) is 18.5 Å². The molecule has 0 saturated carbocycles. The lowest BCUT2D eigenvalue weighted by molar-refractivity contribution is 0.101. The molecule has 0 radical (unpaired) electrons. The SMILES string of the molecule is O=C(Nc1ccc2c(c1)OCCO2)c1nn(-c2ccc(F)cc2)cc1OCc1ccccc1. The molecule has 2 heterocycles. The Bertz CT molecular complexity index is 1270. The fourth-order valence-electron chi connectivity index (χ4n) is 3.39. The van der Waals surface area contributed by atoms with Gasteiger partial charge < -0.3 is 19.5 Å². The number of hydrogen-bond donors (Lipinski definition) is 1. The van der Waals surface area contributed by atoms with Crippen molar-refractivity contribution in [2.24, 2.45) is 0 Å². The minimum absolute atomic E-state index is 0.102. The number of aromatic nitrogens is 2. The minimum Gasteiger partial charge on any atom is -0.486 e. The van der Waals surface area contributed by atoms with E-state index in [1.165, 1.54) is 16.8 Å². The molecule has 5 rings (SSSR count). The van der Waals surface area contributed by atoms with Gasteiger partial charge in [-0.25, -0.2) is 9.07 Å². The maximum Gasteiger partial charge on any atom is 0.280 e. The van der Waals surface area contributed by atoms with E-state index in [4.69, 9.17) is 14.2 Å². The van der Waals surface area contributed by atoms with E-state index >= 15 is 0 Å². The summed E-state index contributed by atoms with van der Waals surface area (Å²) in [6.07, 6.45) is 1.61. The predicted octanol–water partition coefficient (Wildman–Crippen LogP) is 4.61. The zero-order chi connectivity index (χ0) is 22.6. The third-order valence-corrected chi connectivity index (χ3v) is 5.02. The number of anilines is 1. The van der Waals surface area contributed by atoms with Gasteiger partial charge in [0.2, 0.25) is 0 Å². The fourth-order valence-corrected chi connectivity index (χ4v) is 3.39. The van der Waals surface area contributed by atoms with Gasteiger partial charge in [-0.2, -0.15) is 5.10 Å². The lowest BCUT2D eigenvalue weighted by atomic mass is 10.2. The molecule has 1 aliphatic heterocycles. The van der Waals surface area contributed by atoms with E-state index in [2.05, 4.69) is 10.4 Å². The second-order valence-corrected chi connectivity index (χ2v) is 7.35. The number of carbonyl (C=O) groups excluding carboxylic acids is 1. The average molecular weight is 445 g/mol. The van der Waals surface area contributed by atoms with Crippen molar-refractivity contribution in [1.29, 1.82) is 0 Å². The van der Waals surface area contributed by atoms with Gasteiger partial charge in [-0.3, -0.25) is 4.79 Å². The van der Waals surface area contributed by atoms with Crippen molar-refractivity contribution in [3.05, 3.63) is 96.1 Å². The molecule has 0 aliphatic carbocycles. The highest BCUT2D eigenvalue weighted by Crippen LogP contribution is 2.33. The lowest BCUT2D eigenvalue weighted by Crippen LogP contribution is -2.17. The van der Waals surface area contributed by atoms with Crippen LogP contribution < -0.4 is 19.5 Å².